The van der Waals surface area contributed by atoms with E-state index in [4.69, 9.17) is 44.3 Å². The molecule has 0 saturated carbocycles. The Kier molecular flexibility index (Phi) is 9.70. The van der Waals surface area contributed by atoms with Crippen molar-refractivity contribution >= 4 is 70.5 Å². The van der Waals surface area contributed by atoms with E-state index < -0.39 is 23.8 Å². The number of carbonyl (C=O) groups is 4. The fraction of sp³-hybridized carbons (Fsp3) is 0. The van der Waals surface area contributed by atoms with Gasteiger partial charge in [0, 0.05) is 32.4 Å². The van der Waals surface area contributed by atoms with Gasteiger partial charge in [-0.05, 0) is 84.9 Å². The minimum atomic E-state index is -1.05. The van der Waals surface area contributed by atoms with Gasteiger partial charge < -0.3 is 14.8 Å². The Morgan fingerprint density at radius 3 is 1.71 bits per heavy atom. The third kappa shape index (κ3) is 8.39. The van der Waals surface area contributed by atoms with Gasteiger partial charge in [-0.1, -0.05) is 34.8 Å². The molecule has 0 atom stereocenters. The Bertz CT molecular complexity index is 1620. The van der Waals surface area contributed by atoms with Crippen molar-refractivity contribution in [2.45, 2.75) is 0 Å². The van der Waals surface area contributed by atoms with E-state index in [1.807, 2.05) is 0 Å². The minimum Gasteiger partial charge on any atom is -0.423 e. The first-order valence-corrected chi connectivity index (χ1v) is 12.8. The van der Waals surface area contributed by atoms with Crippen LogP contribution in [0, 0.1) is 0 Å². The molecule has 12 heteroatoms. The third-order valence-corrected chi connectivity index (χ3v) is 5.99. The summed E-state index contributed by atoms with van der Waals surface area (Å²) in [6.45, 7) is 0. The zero-order chi connectivity index (χ0) is 29.4. The van der Waals surface area contributed by atoms with Gasteiger partial charge in [-0.25, -0.2) is 15.0 Å². The molecule has 0 heterocycles. The van der Waals surface area contributed by atoms with Crippen LogP contribution in [0.25, 0.3) is 0 Å². The molecule has 2 amide bonds. The second-order valence-corrected chi connectivity index (χ2v) is 9.46. The lowest BCUT2D eigenvalue weighted by Gasteiger charge is -2.11. The molecule has 4 aromatic rings. The Morgan fingerprint density at radius 2 is 1.15 bits per heavy atom. The van der Waals surface area contributed by atoms with E-state index in [2.05, 4.69) is 15.8 Å². The van der Waals surface area contributed by atoms with E-state index in [1.54, 1.807) is 24.3 Å². The van der Waals surface area contributed by atoms with Gasteiger partial charge in [-0.3, -0.25) is 9.59 Å². The number of halogens is 3. The van der Waals surface area contributed by atoms with Gasteiger partial charge in [-0.2, -0.15) is 5.10 Å². The normalized spacial score (nSPS) is 10.6. The SMILES string of the molecule is O=C(N/N=C/c1ccc(OC(=O)c2ccc(Cl)cc2)cc1OC(=O)c1ccc(Cl)cc1)C(=O)Nc1ccc(Cl)cc1. The monoisotopic (exact) mass is 609 g/mol. The highest BCUT2D eigenvalue weighted by Crippen LogP contribution is 2.26. The maximum atomic E-state index is 12.8. The summed E-state index contributed by atoms with van der Waals surface area (Å²) in [5.41, 5.74) is 3.13. The van der Waals surface area contributed by atoms with Crippen LogP contribution < -0.4 is 20.2 Å². The Hall–Kier alpha value is -4.70. The van der Waals surface area contributed by atoms with Crippen LogP contribution in [0.15, 0.2) is 96.1 Å². The van der Waals surface area contributed by atoms with E-state index in [-0.39, 0.29) is 28.2 Å². The lowest BCUT2D eigenvalue weighted by molar-refractivity contribution is -0.136. The molecule has 4 rings (SSSR count). The van der Waals surface area contributed by atoms with Crippen LogP contribution in [-0.4, -0.2) is 30.0 Å². The number of esters is 2. The Balaban J connectivity index is 1.51. The zero-order valence-electron chi connectivity index (χ0n) is 20.8. The van der Waals surface area contributed by atoms with E-state index in [0.717, 1.165) is 6.21 Å². The summed E-state index contributed by atoms with van der Waals surface area (Å²) in [7, 11) is 0. The lowest BCUT2D eigenvalue weighted by Crippen LogP contribution is -2.32. The number of carbonyl (C=O) groups excluding carboxylic acids is 4. The number of benzene rings is 4. The van der Waals surface area contributed by atoms with Crippen molar-refractivity contribution in [3.05, 3.63) is 123 Å². The largest absolute Gasteiger partial charge is 0.423 e. The number of rotatable bonds is 7. The molecule has 41 heavy (non-hydrogen) atoms. The number of anilines is 1. The lowest BCUT2D eigenvalue weighted by atomic mass is 10.2. The average Bonchev–Trinajstić information content (AvgIpc) is 2.96. The predicted octanol–water partition coefficient (Wildman–Crippen LogP) is 6.17. The van der Waals surface area contributed by atoms with Crippen LogP contribution in [0.2, 0.25) is 15.1 Å². The molecule has 0 radical (unpaired) electrons. The first-order valence-electron chi connectivity index (χ1n) is 11.7. The Labute approximate surface area is 248 Å². The molecular weight excluding hydrogens is 593 g/mol. The Morgan fingerprint density at radius 1 is 0.634 bits per heavy atom. The predicted molar refractivity (Wildman–Crippen MR) is 155 cm³/mol. The van der Waals surface area contributed by atoms with Crippen LogP contribution in [0.5, 0.6) is 11.5 Å². The molecule has 0 aliphatic heterocycles. The highest BCUT2D eigenvalue weighted by molar-refractivity contribution is 6.39. The molecule has 2 N–H and O–H groups in total. The van der Waals surface area contributed by atoms with Crippen LogP contribution in [0.1, 0.15) is 26.3 Å². The molecule has 0 aliphatic rings. The van der Waals surface area contributed by atoms with Gasteiger partial charge in [0.1, 0.15) is 11.5 Å². The van der Waals surface area contributed by atoms with Gasteiger partial charge in [-0.15, -0.1) is 0 Å². The van der Waals surface area contributed by atoms with Crippen LogP contribution in [0.3, 0.4) is 0 Å². The second-order valence-electron chi connectivity index (χ2n) is 8.15. The van der Waals surface area contributed by atoms with Crippen molar-refractivity contribution in [1.29, 1.82) is 0 Å². The average molecular weight is 611 g/mol. The van der Waals surface area contributed by atoms with Crippen LogP contribution >= 0.6 is 34.8 Å². The molecule has 0 unspecified atom stereocenters. The molecule has 4 aromatic carbocycles. The molecule has 9 nitrogen and oxygen atoms in total. The molecule has 0 bridgehead atoms. The van der Waals surface area contributed by atoms with Crippen molar-refractivity contribution in [2.24, 2.45) is 5.10 Å². The standard InChI is InChI=1S/C29H18Cl3N3O6/c30-20-6-1-17(2-7-20)28(38)40-24-14-5-19(25(15-24)41-29(39)18-3-8-21(31)9-4-18)16-33-35-27(37)26(36)34-23-12-10-22(32)11-13-23/h1-16H,(H,34,36)(H,35,37)/b33-16+. The smallest absolute Gasteiger partial charge is 0.343 e. The van der Waals surface area contributed by atoms with E-state index in [9.17, 15) is 19.2 Å². The van der Waals surface area contributed by atoms with E-state index in [1.165, 1.54) is 66.7 Å². The number of hydrazone groups is 1. The topological polar surface area (TPSA) is 123 Å². The fourth-order valence-corrected chi connectivity index (χ4v) is 3.58. The highest BCUT2D eigenvalue weighted by Gasteiger charge is 2.16. The van der Waals surface area contributed by atoms with Gasteiger partial charge in [0.25, 0.3) is 0 Å². The van der Waals surface area contributed by atoms with Crippen LogP contribution in [-0.2, 0) is 9.59 Å². The molecule has 206 valence electrons. The number of hydrogen-bond acceptors (Lipinski definition) is 7. The minimum absolute atomic E-state index is 0.0463. The van der Waals surface area contributed by atoms with Crippen molar-refractivity contribution in [2.75, 3.05) is 5.32 Å². The summed E-state index contributed by atoms with van der Waals surface area (Å²) in [5, 5.41) is 7.54. The molecule has 0 saturated heterocycles. The summed E-state index contributed by atoms with van der Waals surface area (Å²) in [6.07, 6.45) is 1.16. The van der Waals surface area contributed by atoms with Crippen LogP contribution in [0.4, 0.5) is 5.69 Å². The quantitative estimate of drug-likeness (QED) is 0.0848. The molecule has 0 aromatic heterocycles. The summed E-state index contributed by atoms with van der Waals surface area (Å²) >= 11 is 17.6. The van der Waals surface area contributed by atoms with Crippen molar-refractivity contribution in [3.8, 4) is 11.5 Å². The first kappa shape index (κ1) is 29.3. The number of ether oxygens (including phenoxy) is 2. The van der Waals surface area contributed by atoms with Gasteiger partial charge in [0.15, 0.2) is 0 Å². The number of nitrogens with zero attached hydrogens (tertiary/aromatic N) is 1. The van der Waals surface area contributed by atoms with Gasteiger partial charge in [0.05, 0.1) is 17.3 Å². The van der Waals surface area contributed by atoms with Gasteiger partial charge >= 0.3 is 23.8 Å². The fourth-order valence-electron chi connectivity index (χ4n) is 3.20. The third-order valence-electron chi connectivity index (χ3n) is 5.24. The van der Waals surface area contributed by atoms with Crippen molar-refractivity contribution in [3.63, 3.8) is 0 Å². The van der Waals surface area contributed by atoms with Crippen molar-refractivity contribution in [1.82, 2.24) is 5.43 Å². The number of amides is 2. The number of nitrogens with one attached hydrogen (secondary N) is 2. The van der Waals surface area contributed by atoms with Gasteiger partial charge in [0.2, 0.25) is 0 Å². The zero-order valence-corrected chi connectivity index (χ0v) is 23.0. The van der Waals surface area contributed by atoms with Crippen molar-refractivity contribution < 1.29 is 28.7 Å². The number of hydrogen-bond donors (Lipinski definition) is 2. The summed E-state index contributed by atoms with van der Waals surface area (Å²) in [6, 6.07) is 22.4. The maximum absolute atomic E-state index is 12.8. The molecule has 0 spiro atoms. The second kappa shape index (κ2) is 13.6. The first-order chi connectivity index (χ1) is 19.7. The molecule has 0 fully saturated rings. The molecule has 0 aliphatic carbocycles. The van der Waals surface area contributed by atoms with E-state index >= 15 is 0 Å². The summed E-state index contributed by atoms with van der Waals surface area (Å²) in [4.78, 5) is 49.7. The molecular formula is C29H18Cl3N3O6. The van der Waals surface area contributed by atoms with E-state index in [0.29, 0.717) is 20.8 Å². The summed E-state index contributed by atoms with van der Waals surface area (Å²) in [5.74, 6) is -3.41. The summed E-state index contributed by atoms with van der Waals surface area (Å²) < 4.78 is 10.9. The highest BCUT2D eigenvalue weighted by atomic mass is 35.5. The maximum Gasteiger partial charge on any atom is 0.343 e.